The van der Waals surface area contributed by atoms with Crippen molar-refractivity contribution < 1.29 is 27.9 Å². The molecule has 0 aromatic heterocycles. The molecule has 0 saturated heterocycles. The third-order valence-corrected chi connectivity index (χ3v) is 10.3. The van der Waals surface area contributed by atoms with Crippen LogP contribution in [0.1, 0.15) is 40.9 Å². The number of hydrogen-bond donors (Lipinski definition) is 4. The van der Waals surface area contributed by atoms with Crippen LogP contribution in [-0.4, -0.2) is 74.0 Å². The SMILES string of the molecule is Cc1ccc(S(=O)(=O)Nc2ccc3c(c2)CC(=O)N([C@@H](C)CO)C[C@H](C)[C@@H](CN(C)Cc2ccc(C(=O)Nc4ccccc4N)cc2)O3)cc1. The Hall–Kier alpha value is -4.91. The number of benzene rings is 4. The van der Waals surface area contributed by atoms with Crippen LogP contribution in [0.25, 0.3) is 0 Å². The number of hydrogen-bond acceptors (Lipinski definition) is 8. The highest BCUT2D eigenvalue weighted by atomic mass is 32.2. The molecule has 1 aliphatic heterocycles. The fourth-order valence-corrected chi connectivity index (χ4v) is 6.94. The first-order chi connectivity index (χ1) is 23.8. The Morgan fingerprint density at radius 1 is 1.06 bits per heavy atom. The number of nitrogens with zero attached hydrogens (tertiary/aromatic N) is 2. The van der Waals surface area contributed by atoms with Crippen LogP contribution in [-0.2, 0) is 27.8 Å². The van der Waals surface area contributed by atoms with Gasteiger partial charge >= 0.3 is 0 Å². The average molecular weight is 700 g/mol. The lowest BCUT2D eigenvalue weighted by Gasteiger charge is -2.34. The first-order valence-electron chi connectivity index (χ1n) is 16.6. The Morgan fingerprint density at radius 3 is 2.44 bits per heavy atom. The van der Waals surface area contributed by atoms with Crippen LogP contribution in [0.15, 0.2) is 95.9 Å². The Morgan fingerprint density at radius 2 is 1.76 bits per heavy atom. The van der Waals surface area contributed by atoms with Crippen molar-refractivity contribution in [3.8, 4) is 5.75 Å². The lowest BCUT2D eigenvalue weighted by atomic mass is 10.0. The summed E-state index contributed by atoms with van der Waals surface area (Å²) >= 11 is 0. The van der Waals surface area contributed by atoms with Crippen molar-refractivity contribution in [2.24, 2.45) is 5.92 Å². The quantitative estimate of drug-likeness (QED) is 0.161. The van der Waals surface area contributed by atoms with E-state index < -0.39 is 16.1 Å². The van der Waals surface area contributed by atoms with Crippen molar-refractivity contribution in [3.05, 3.63) is 113 Å². The standard InChI is InChI=1S/C38H45N5O6S/c1-25-9-16-32(17-10-25)50(47,48)41-31-15-18-35-30(19-31)20-37(45)43(27(3)24-44)21-26(2)36(49-35)23-42(4)22-28-11-13-29(14-12-28)38(46)40-34-8-6-5-7-33(34)39/h5-19,26-27,36,41,44H,20-24,39H2,1-4H3,(H,40,46)/t26-,27-,36+/m0/s1. The zero-order valence-electron chi connectivity index (χ0n) is 28.8. The van der Waals surface area contributed by atoms with E-state index in [4.69, 9.17) is 10.5 Å². The van der Waals surface area contributed by atoms with Crippen LogP contribution < -0.4 is 20.5 Å². The molecule has 5 N–H and O–H groups in total. The van der Waals surface area contributed by atoms with E-state index in [1.54, 1.807) is 84.6 Å². The zero-order valence-corrected chi connectivity index (χ0v) is 29.6. The number of ether oxygens (including phenoxy) is 1. The van der Waals surface area contributed by atoms with Gasteiger partial charge < -0.3 is 25.8 Å². The topological polar surface area (TPSA) is 154 Å². The molecule has 5 rings (SSSR count). The van der Waals surface area contributed by atoms with Gasteiger partial charge in [-0.05, 0) is 81.1 Å². The maximum absolute atomic E-state index is 13.6. The highest BCUT2D eigenvalue weighted by Crippen LogP contribution is 2.30. The van der Waals surface area contributed by atoms with Crippen molar-refractivity contribution in [2.45, 2.75) is 50.8 Å². The van der Waals surface area contributed by atoms with Gasteiger partial charge in [0.1, 0.15) is 11.9 Å². The highest BCUT2D eigenvalue weighted by Gasteiger charge is 2.31. The van der Waals surface area contributed by atoms with Crippen molar-refractivity contribution in [3.63, 3.8) is 0 Å². The number of carbonyl (C=O) groups excluding carboxylic acids is 2. The summed E-state index contributed by atoms with van der Waals surface area (Å²) in [5, 5.41) is 12.8. The van der Waals surface area contributed by atoms with E-state index in [2.05, 4.69) is 14.9 Å². The van der Waals surface area contributed by atoms with Gasteiger partial charge in [0.25, 0.3) is 15.9 Å². The second-order valence-electron chi connectivity index (χ2n) is 13.1. The lowest BCUT2D eigenvalue weighted by Crippen LogP contribution is -2.47. The van der Waals surface area contributed by atoms with Gasteiger partial charge in [-0.3, -0.25) is 19.2 Å². The zero-order chi connectivity index (χ0) is 36.0. The summed E-state index contributed by atoms with van der Waals surface area (Å²) < 4.78 is 35.5. The summed E-state index contributed by atoms with van der Waals surface area (Å²) in [5.41, 5.74) is 10.3. The number of aryl methyl sites for hydroxylation is 1. The number of aliphatic hydroxyl groups excluding tert-OH is 1. The third-order valence-electron chi connectivity index (χ3n) is 8.87. The number of para-hydroxylation sites is 2. The fraction of sp³-hybridized carbons (Fsp3) is 0.316. The van der Waals surface area contributed by atoms with Crippen LogP contribution >= 0.6 is 0 Å². The molecule has 0 unspecified atom stereocenters. The maximum atomic E-state index is 13.6. The summed E-state index contributed by atoms with van der Waals surface area (Å²) in [5.74, 6) is -0.0566. The lowest BCUT2D eigenvalue weighted by molar-refractivity contribution is -0.134. The van der Waals surface area contributed by atoms with E-state index in [-0.39, 0.29) is 41.8 Å². The molecule has 12 heteroatoms. The largest absolute Gasteiger partial charge is 0.488 e. The molecule has 0 bridgehead atoms. The molecular weight excluding hydrogens is 655 g/mol. The predicted octanol–water partition coefficient (Wildman–Crippen LogP) is 4.91. The minimum absolute atomic E-state index is 0.0220. The summed E-state index contributed by atoms with van der Waals surface area (Å²) in [7, 11) is -1.89. The van der Waals surface area contributed by atoms with Gasteiger partial charge in [0.15, 0.2) is 0 Å². The van der Waals surface area contributed by atoms with E-state index in [1.165, 1.54) is 0 Å². The Kier molecular flexibility index (Phi) is 11.5. The number of fused-ring (bicyclic) bond motifs is 1. The van der Waals surface area contributed by atoms with Crippen molar-refractivity contribution >= 4 is 38.9 Å². The number of rotatable bonds is 11. The molecule has 2 amide bonds. The molecule has 0 fully saturated rings. The van der Waals surface area contributed by atoms with E-state index in [0.29, 0.717) is 53.6 Å². The summed E-state index contributed by atoms with van der Waals surface area (Å²) in [6, 6.07) is 25.6. The molecule has 0 spiro atoms. The first kappa shape index (κ1) is 36.4. The number of nitrogen functional groups attached to an aromatic ring is 1. The molecule has 4 aromatic carbocycles. The smallest absolute Gasteiger partial charge is 0.261 e. The molecule has 11 nitrogen and oxygen atoms in total. The number of nitrogens with two attached hydrogens (primary N) is 1. The normalized spacial score (nSPS) is 17.2. The predicted molar refractivity (Wildman–Crippen MR) is 196 cm³/mol. The van der Waals surface area contributed by atoms with E-state index in [9.17, 15) is 23.1 Å². The summed E-state index contributed by atoms with van der Waals surface area (Å²) in [6.07, 6.45) is -0.374. The van der Waals surface area contributed by atoms with Gasteiger partial charge in [0, 0.05) is 42.4 Å². The molecule has 1 heterocycles. The molecule has 264 valence electrons. The monoisotopic (exact) mass is 699 g/mol. The van der Waals surface area contributed by atoms with Crippen molar-refractivity contribution in [1.82, 2.24) is 9.80 Å². The van der Waals surface area contributed by atoms with Crippen LogP contribution in [0.3, 0.4) is 0 Å². The molecule has 1 aliphatic rings. The second-order valence-corrected chi connectivity index (χ2v) is 14.7. The van der Waals surface area contributed by atoms with Crippen LogP contribution in [0.2, 0.25) is 0 Å². The van der Waals surface area contributed by atoms with Gasteiger partial charge in [-0.15, -0.1) is 0 Å². The summed E-state index contributed by atoms with van der Waals surface area (Å²) in [6.45, 7) is 6.96. The third kappa shape index (κ3) is 9.00. The van der Waals surface area contributed by atoms with Gasteiger partial charge in [-0.1, -0.05) is 48.9 Å². The van der Waals surface area contributed by atoms with Crippen LogP contribution in [0.4, 0.5) is 17.1 Å². The number of amides is 2. The van der Waals surface area contributed by atoms with E-state index >= 15 is 0 Å². The molecule has 50 heavy (non-hydrogen) atoms. The fourth-order valence-electron chi connectivity index (χ4n) is 5.89. The van der Waals surface area contributed by atoms with Gasteiger partial charge in [0.05, 0.1) is 35.3 Å². The summed E-state index contributed by atoms with van der Waals surface area (Å²) in [4.78, 5) is 30.3. The second kappa shape index (κ2) is 15.8. The molecular formula is C38H45N5O6S. The van der Waals surface area contributed by atoms with Crippen LogP contribution in [0, 0.1) is 12.8 Å². The van der Waals surface area contributed by atoms with E-state index in [0.717, 1.165) is 11.1 Å². The molecule has 0 saturated carbocycles. The van der Waals surface area contributed by atoms with E-state index in [1.807, 2.05) is 39.1 Å². The minimum Gasteiger partial charge on any atom is -0.488 e. The Balaban J connectivity index is 1.33. The first-order valence-corrected chi connectivity index (χ1v) is 18.0. The number of nitrogens with one attached hydrogen (secondary N) is 2. The Labute approximate surface area is 294 Å². The van der Waals surface area contributed by atoms with Crippen LogP contribution in [0.5, 0.6) is 5.75 Å². The molecule has 4 aromatic rings. The van der Waals surface area contributed by atoms with Crippen molar-refractivity contribution in [1.29, 1.82) is 0 Å². The average Bonchev–Trinajstić information content (AvgIpc) is 3.12. The van der Waals surface area contributed by atoms with Crippen molar-refractivity contribution in [2.75, 3.05) is 42.5 Å². The minimum atomic E-state index is -3.86. The van der Waals surface area contributed by atoms with Gasteiger partial charge in [-0.2, -0.15) is 0 Å². The number of aliphatic hydroxyl groups is 1. The maximum Gasteiger partial charge on any atom is 0.261 e. The molecule has 0 aliphatic carbocycles. The highest BCUT2D eigenvalue weighted by molar-refractivity contribution is 7.92. The van der Waals surface area contributed by atoms with Gasteiger partial charge in [-0.25, -0.2) is 8.42 Å². The molecule has 3 atom stereocenters. The Bertz CT molecular complexity index is 1920. The number of likely N-dealkylation sites (N-methyl/N-ethyl adjacent to an activating group) is 1. The number of sulfonamides is 1. The van der Waals surface area contributed by atoms with Gasteiger partial charge in [0.2, 0.25) is 5.91 Å². The number of carbonyl (C=O) groups is 2. The number of anilines is 3. The molecule has 0 radical (unpaired) electrons.